The third kappa shape index (κ3) is 4.82. The van der Waals surface area contributed by atoms with E-state index in [0.29, 0.717) is 24.3 Å². The monoisotopic (exact) mass is 459 g/mol. The number of halogens is 1. The predicted molar refractivity (Wildman–Crippen MR) is 123 cm³/mol. The summed E-state index contributed by atoms with van der Waals surface area (Å²) < 4.78 is 22.3. The van der Waals surface area contributed by atoms with E-state index in [9.17, 15) is 19.5 Å². The van der Waals surface area contributed by atoms with E-state index in [1.165, 1.54) is 6.20 Å². The van der Waals surface area contributed by atoms with Gasteiger partial charge in [-0.25, -0.2) is 14.0 Å². The Bertz CT molecular complexity index is 1170. The maximum absolute atomic E-state index is 15.1. The molecule has 8 nitrogen and oxygen atoms in total. The highest BCUT2D eigenvalue weighted by Gasteiger charge is 2.32. The zero-order valence-electron chi connectivity index (χ0n) is 19.4. The molecule has 0 bridgehead atoms. The van der Waals surface area contributed by atoms with Crippen molar-refractivity contribution in [3.63, 3.8) is 0 Å². The van der Waals surface area contributed by atoms with Crippen LogP contribution in [0.4, 0.5) is 14.9 Å². The maximum Gasteiger partial charge on any atom is 0.407 e. The van der Waals surface area contributed by atoms with Gasteiger partial charge in [-0.3, -0.25) is 4.79 Å². The quantitative estimate of drug-likeness (QED) is 0.703. The Balaban J connectivity index is 1.59. The van der Waals surface area contributed by atoms with Gasteiger partial charge in [-0.1, -0.05) is 0 Å². The number of aromatic nitrogens is 1. The number of anilines is 1. The van der Waals surface area contributed by atoms with Crippen LogP contribution in [0.25, 0.3) is 10.9 Å². The number of hydrogen-bond acceptors (Lipinski definition) is 5. The first-order valence-corrected chi connectivity index (χ1v) is 11.3. The fourth-order valence-electron chi connectivity index (χ4n) is 4.43. The number of nitrogens with zero attached hydrogens (tertiary/aromatic N) is 2. The van der Waals surface area contributed by atoms with Gasteiger partial charge >= 0.3 is 12.1 Å². The molecule has 2 fully saturated rings. The van der Waals surface area contributed by atoms with Crippen molar-refractivity contribution in [2.45, 2.75) is 64.6 Å². The van der Waals surface area contributed by atoms with Crippen LogP contribution in [0.2, 0.25) is 0 Å². The number of fused-ring (bicyclic) bond motifs is 1. The summed E-state index contributed by atoms with van der Waals surface area (Å²) in [4.78, 5) is 38.2. The summed E-state index contributed by atoms with van der Waals surface area (Å²) in [5.74, 6) is -1.76. The highest BCUT2D eigenvalue weighted by Crippen LogP contribution is 2.38. The first kappa shape index (κ1) is 23.1. The van der Waals surface area contributed by atoms with Crippen LogP contribution in [-0.2, 0) is 4.74 Å². The molecule has 1 saturated carbocycles. The number of pyridine rings is 1. The highest BCUT2D eigenvalue weighted by molar-refractivity contribution is 5.93. The summed E-state index contributed by atoms with van der Waals surface area (Å²) in [7, 11) is 0. The van der Waals surface area contributed by atoms with Crippen LogP contribution < -0.4 is 15.6 Å². The molecule has 1 saturated heterocycles. The zero-order chi connectivity index (χ0) is 24.1. The lowest BCUT2D eigenvalue weighted by Crippen LogP contribution is -2.42. The summed E-state index contributed by atoms with van der Waals surface area (Å²) in [5.41, 5.74) is -0.671. The van der Waals surface area contributed by atoms with Crippen LogP contribution in [0.5, 0.6) is 0 Å². The van der Waals surface area contributed by atoms with Crippen molar-refractivity contribution in [1.29, 1.82) is 0 Å². The Morgan fingerprint density at radius 1 is 1.24 bits per heavy atom. The Labute approximate surface area is 191 Å². The zero-order valence-corrected chi connectivity index (χ0v) is 19.4. The van der Waals surface area contributed by atoms with Crippen molar-refractivity contribution in [3.05, 3.63) is 39.9 Å². The lowest BCUT2D eigenvalue weighted by Gasteiger charge is -2.25. The number of aromatic carboxylic acids is 1. The number of carbonyl (C=O) groups is 2. The Kier molecular flexibility index (Phi) is 5.84. The van der Waals surface area contributed by atoms with Crippen LogP contribution in [0.15, 0.2) is 23.1 Å². The smallest absolute Gasteiger partial charge is 0.407 e. The van der Waals surface area contributed by atoms with Crippen molar-refractivity contribution in [1.82, 2.24) is 9.88 Å². The molecule has 2 aromatic rings. The van der Waals surface area contributed by atoms with E-state index in [2.05, 4.69) is 5.32 Å². The molecular weight excluding hydrogens is 429 g/mol. The van der Waals surface area contributed by atoms with Crippen LogP contribution in [0.3, 0.4) is 0 Å². The number of rotatable bonds is 5. The number of hydrogen-bond donors (Lipinski definition) is 2. The van der Waals surface area contributed by atoms with Crippen molar-refractivity contribution in [2.24, 2.45) is 5.92 Å². The van der Waals surface area contributed by atoms with Crippen LogP contribution in [-0.4, -0.2) is 46.5 Å². The average molecular weight is 460 g/mol. The molecule has 1 amide bonds. The van der Waals surface area contributed by atoms with Gasteiger partial charge < -0.3 is 24.6 Å². The number of carbonyl (C=O) groups excluding carboxylic acids is 1. The molecule has 2 N–H and O–H groups in total. The fraction of sp³-hybridized carbons (Fsp3) is 0.542. The summed E-state index contributed by atoms with van der Waals surface area (Å²) in [5, 5.41) is 12.4. The van der Waals surface area contributed by atoms with Gasteiger partial charge in [-0.2, -0.15) is 0 Å². The maximum atomic E-state index is 15.1. The van der Waals surface area contributed by atoms with Crippen LogP contribution >= 0.6 is 0 Å². The fourth-order valence-corrected chi connectivity index (χ4v) is 4.43. The van der Waals surface area contributed by atoms with E-state index in [0.717, 1.165) is 25.3 Å². The average Bonchev–Trinajstić information content (AvgIpc) is 3.42. The van der Waals surface area contributed by atoms with E-state index in [-0.39, 0.29) is 29.0 Å². The SMILES string of the molecule is C[C@@H](NC(=O)OC(C)(C)C)[C@@H]1CCN(c2cc3c(cc2F)c(=O)c(C(=O)O)cn3C2CC2)C1. The molecule has 178 valence electrons. The highest BCUT2D eigenvalue weighted by atomic mass is 19.1. The van der Waals surface area contributed by atoms with Gasteiger partial charge in [0.25, 0.3) is 0 Å². The second kappa shape index (κ2) is 8.35. The van der Waals surface area contributed by atoms with E-state index >= 15 is 4.39 Å². The molecule has 9 heteroatoms. The van der Waals surface area contributed by atoms with Crippen LogP contribution in [0.1, 0.15) is 63.4 Å². The second-order valence-corrected chi connectivity index (χ2v) is 10.1. The molecule has 0 unspecified atom stereocenters. The van der Waals surface area contributed by atoms with Gasteiger partial charge in [0, 0.05) is 36.8 Å². The van der Waals surface area contributed by atoms with E-state index in [1.807, 2.05) is 11.8 Å². The number of alkyl carbamates (subject to hydrolysis) is 1. The van der Waals surface area contributed by atoms with Gasteiger partial charge in [0.05, 0.1) is 11.2 Å². The van der Waals surface area contributed by atoms with E-state index in [1.54, 1.807) is 31.4 Å². The summed E-state index contributed by atoms with van der Waals surface area (Å²) in [6, 6.07) is 2.78. The minimum absolute atomic E-state index is 0.0822. The van der Waals surface area contributed by atoms with Crippen molar-refractivity contribution in [2.75, 3.05) is 18.0 Å². The number of nitrogens with one attached hydrogen (secondary N) is 1. The van der Waals surface area contributed by atoms with Gasteiger partial charge in [0.15, 0.2) is 0 Å². The molecular formula is C24H30FN3O5. The summed E-state index contributed by atoms with van der Waals surface area (Å²) >= 11 is 0. The lowest BCUT2D eigenvalue weighted by molar-refractivity contribution is 0.0494. The van der Waals surface area contributed by atoms with Gasteiger partial charge in [0.1, 0.15) is 17.0 Å². The lowest BCUT2D eigenvalue weighted by atomic mass is 10.0. The summed E-state index contributed by atoms with van der Waals surface area (Å²) in [6.45, 7) is 8.47. The minimum Gasteiger partial charge on any atom is -0.477 e. The predicted octanol–water partition coefficient (Wildman–Crippen LogP) is 3.91. The van der Waals surface area contributed by atoms with Crippen molar-refractivity contribution in [3.8, 4) is 0 Å². The molecule has 1 aromatic carbocycles. The first-order valence-electron chi connectivity index (χ1n) is 11.3. The minimum atomic E-state index is -1.31. The number of carboxylic acid groups (broad SMARTS) is 1. The topological polar surface area (TPSA) is 101 Å². The molecule has 1 aliphatic carbocycles. The Hall–Kier alpha value is -3.10. The Morgan fingerprint density at radius 3 is 2.55 bits per heavy atom. The summed E-state index contributed by atoms with van der Waals surface area (Å²) in [6.07, 6.45) is 3.45. The van der Waals surface area contributed by atoms with E-state index < -0.39 is 28.9 Å². The molecule has 2 heterocycles. The largest absolute Gasteiger partial charge is 0.477 e. The van der Waals surface area contributed by atoms with Gasteiger partial charge in [-0.05, 0) is 65.0 Å². The Morgan fingerprint density at radius 2 is 1.94 bits per heavy atom. The standard InChI is InChI=1S/C24H30FN3O5/c1-13(26-23(32)33-24(2,3)4)14-7-8-27(11-14)20-10-19-16(9-18(20)25)21(29)17(22(30)31)12-28(19)15-5-6-15/h9-10,12-15H,5-8,11H2,1-4H3,(H,26,32)(H,30,31)/t13-,14-/m1/s1. The van der Waals surface area contributed by atoms with Crippen molar-refractivity contribution >= 4 is 28.7 Å². The first-order chi connectivity index (χ1) is 15.4. The van der Waals surface area contributed by atoms with Crippen molar-refractivity contribution < 1.29 is 23.8 Å². The van der Waals surface area contributed by atoms with Gasteiger partial charge in [0.2, 0.25) is 5.43 Å². The molecule has 0 spiro atoms. The molecule has 0 radical (unpaired) electrons. The molecule has 33 heavy (non-hydrogen) atoms. The van der Waals surface area contributed by atoms with E-state index in [4.69, 9.17) is 4.74 Å². The molecule has 2 aliphatic rings. The van der Waals surface area contributed by atoms with Crippen LogP contribution in [0, 0.1) is 11.7 Å². The van der Waals surface area contributed by atoms with Gasteiger partial charge in [-0.15, -0.1) is 0 Å². The third-order valence-electron chi connectivity index (χ3n) is 6.29. The number of ether oxygens (including phenoxy) is 1. The number of carboxylic acids is 1. The molecule has 4 rings (SSSR count). The third-order valence-corrected chi connectivity index (χ3v) is 6.29. The second-order valence-electron chi connectivity index (χ2n) is 10.1. The normalized spacial score (nSPS) is 19.5. The number of amides is 1. The molecule has 1 aliphatic heterocycles. The number of benzene rings is 1. The molecule has 2 atom stereocenters. The molecule has 1 aromatic heterocycles.